The Balaban J connectivity index is 2.80. The SMILES string of the molecule is O=C(O)CN(C(=O)Oc1ccccc1)C(F)(F)F. The predicted octanol–water partition coefficient (Wildman–Crippen LogP) is 2.09. The van der Waals surface area contributed by atoms with Crippen molar-refractivity contribution in [3.05, 3.63) is 30.3 Å². The van der Waals surface area contributed by atoms with Gasteiger partial charge in [0, 0.05) is 0 Å². The molecule has 0 saturated heterocycles. The van der Waals surface area contributed by atoms with E-state index in [0.29, 0.717) is 0 Å². The minimum atomic E-state index is -5.12. The van der Waals surface area contributed by atoms with Crippen molar-refractivity contribution in [3.8, 4) is 5.75 Å². The second-order valence-corrected chi connectivity index (χ2v) is 3.13. The molecule has 0 fully saturated rings. The fourth-order valence-corrected chi connectivity index (χ4v) is 1.04. The minimum absolute atomic E-state index is 0.109. The van der Waals surface area contributed by atoms with Crippen molar-refractivity contribution in [1.29, 1.82) is 0 Å². The summed E-state index contributed by atoms with van der Waals surface area (Å²) in [6.45, 7) is -1.52. The van der Waals surface area contributed by atoms with Gasteiger partial charge < -0.3 is 9.84 Å². The van der Waals surface area contributed by atoms with Gasteiger partial charge in [-0.25, -0.2) is 9.69 Å². The van der Waals surface area contributed by atoms with Gasteiger partial charge in [-0.3, -0.25) is 4.79 Å². The number of hydrogen-bond donors (Lipinski definition) is 1. The first-order valence-corrected chi connectivity index (χ1v) is 4.63. The Morgan fingerprint density at radius 2 is 1.78 bits per heavy atom. The van der Waals surface area contributed by atoms with Crippen LogP contribution in [-0.2, 0) is 4.79 Å². The molecule has 0 radical (unpaired) electrons. The zero-order valence-corrected chi connectivity index (χ0v) is 8.85. The molecule has 0 spiro atoms. The number of amides is 1. The van der Waals surface area contributed by atoms with Crippen molar-refractivity contribution < 1.29 is 32.6 Å². The van der Waals surface area contributed by atoms with Crippen molar-refractivity contribution in [1.82, 2.24) is 4.90 Å². The van der Waals surface area contributed by atoms with Gasteiger partial charge in [-0.15, -0.1) is 13.2 Å². The molecule has 0 saturated carbocycles. The zero-order valence-electron chi connectivity index (χ0n) is 8.85. The van der Waals surface area contributed by atoms with E-state index in [0.717, 1.165) is 0 Å². The molecule has 1 aromatic rings. The summed E-state index contributed by atoms with van der Waals surface area (Å²) >= 11 is 0. The van der Waals surface area contributed by atoms with Crippen LogP contribution in [0.5, 0.6) is 5.75 Å². The van der Waals surface area contributed by atoms with Crippen molar-refractivity contribution in [2.45, 2.75) is 6.30 Å². The fourth-order valence-electron chi connectivity index (χ4n) is 1.04. The molecular weight excluding hydrogens is 255 g/mol. The number of benzene rings is 1. The Morgan fingerprint density at radius 3 is 2.22 bits per heavy atom. The summed E-state index contributed by atoms with van der Waals surface area (Å²) in [6, 6.07) is 7.03. The number of rotatable bonds is 3. The van der Waals surface area contributed by atoms with Gasteiger partial charge >= 0.3 is 18.4 Å². The molecule has 0 atom stereocenters. The molecule has 1 rings (SSSR count). The van der Waals surface area contributed by atoms with E-state index in [9.17, 15) is 22.8 Å². The lowest BCUT2D eigenvalue weighted by Crippen LogP contribution is -2.47. The Bertz CT molecular complexity index is 432. The van der Waals surface area contributed by atoms with E-state index in [2.05, 4.69) is 4.74 Å². The summed E-state index contributed by atoms with van der Waals surface area (Å²) in [5, 5.41) is 8.31. The van der Waals surface area contributed by atoms with E-state index < -0.39 is 29.8 Å². The molecule has 0 aliphatic carbocycles. The standard InChI is InChI=1S/C10H8F3NO4/c11-10(12,13)14(6-8(15)16)9(17)18-7-4-2-1-3-5-7/h1-5H,6H2,(H,15,16). The van der Waals surface area contributed by atoms with Crippen LogP contribution >= 0.6 is 0 Å². The van der Waals surface area contributed by atoms with Crippen LogP contribution in [0.2, 0.25) is 0 Å². The van der Waals surface area contributed by atoms with Gasteiger partial charge in [0.1, 0.15) is 12.3 Å². The maximum atomic E-state index is 12.4. The molecule has 98 valence electrons. The zero-order chi connectivity index (χ0) is 13.8. The first-order chi connectivity index (χ1) is 8.30. The first kappa shape index (κ1) is 13.8. The molecule has 0 heterocycles. The average Bonchev–Trinajstić information content (AvgIpc) is 2.25. The lowest BCUT2D eigenvalue weighted by molar-refractivity contribution is -0.229. The van der Waals surface area contributed by atoms with Gasteiger partial charge in [0.2, 0.25) is 0 Å². The third kappa shape index (κ3) is 3.96. The third-order valence-electron chi connectivity index (χ3n) is 1.77. The summed E-state index contributed by atoms with van der Waals surface area (Å²) in [4.78, 5) is 20.6. The average molecular weight is 263 g/mol. The van der Waals surface area contributed by atoms with Crippen LogP contribution in [0.15, 0.2) is 30.3 Å². The number of hydrogen-bond acceptors (Lipinski definition) is 3. The lowest BCUT2D eigenvalue weighted by Gasteiger charge is -2.22. The van der Waals surface area contributed by atoms with Gasteiger partial charge in [-0.05, 0) is 12.1 Å². The minimum Gasteiger partial charge on any atom is -0.480 e. The van der Waals surface area contributed by atoms with E-state index in [1.54, 1.807) is 6.07 Å². The molecule has 0 aliphatic heterocycles. The van der Waals surface area contributed by atoms with Crippen LogP contribution in [0.1, 0.15) is 0 Å². The highest BCUT2D eigenvalue weighted by molar-refractivity contribution is 5.78. The van der Waals surface area contributed by atoms with Gasteiger partial charge in [0.05, 0.1) is 0 Å². The second-order valence-electron chi connectivity index (χ2n) is 3.13. The molecular formula is C10H8F3NO4. The number of carbonyl (C=O) groups excluding carboxylic acids is 1. The van der Waals surface area contributed by atoms with Crippen molar-refractivity contribution in [2.24, 2.45) is 0 Å². The van der Waals surface area contributed by atoms with Crippen LogP contribution in [-0.4, -0.2) is 34.9 Å². The Kier molecular flexibility index (Phi) is 4.13. The molecule has 0 aromatic heterocycles. The number of aliphatic carboxylic acids is 1. The van der Waals surface area contributed by atoms with Crippen LogP contribution < -0.4 is 4.74 Å². The number of alkyl halides is 3. The highest BCUT2D eigenvalue weighted by atomic mass is 19.4. The molecule has 18 heavy (non-hydrogen) atoms. The molecule has 5 nitrogen and oxygen atoms in total. The molecule has 0 aliphatic rings. The molecule has 8 heteroatoms. The molecule has 0 unspecified atom stereocenters. The molecule has 1 amide bonds. The number of carboxylic acid groups (broad SMARTS) is 1. The van der Waals surface area contributed by atoms with Gasteiger partial charge in [-0.2, -0.15) is 0 Å². The number of ether oxygens (including phenoxy) is 1. The van der Waals surface area contributed by atoms with Gasteiger partial charge in [0.25, 0.3) is 0 Å². The third-order valence-corrected chi connectivity index (χ3v) is 1.77. The summed E-state index contributed by atoms with van der Waals surface area (Å²) in [7, 11) is 0. The quantitative estimate of drug-likeness (QED) is 0.848. The predicted molar refractivity (Wildman–Crippen MR) is 52.9 cm³/mol. The molecule has 0 bridgehead atoms. The Labute approximate surface area is 99.4 Å². The number of nitrogens with zero attached hydrogens (tertiary/aromatic N) is 1. The van der Waals surface area contributed by atoms with Gasteiger partial charge in [0.15, 0.2) is 0 Å². The van der Waals surface area contributed by atoms with Crippen molar-refractivity contribution >= 4 is 12.1 Å². The van der Waals surface area contributed by atoms with Gasteiger partial charge in [-0.1, -0.05) is 18.2 Å². The normalized spacial score (nSPS) is 10.8. The topological polar surface area (TPSA) is 66.8 Å². The van der Waals surface area contributed by atoms with Crippen molar-refractivity contribution in [2.75, 3.05) is 6.54 Å². The van der Waals surface area contributed by atoms with Crippen LogP contribution in [0.25, 0.3) is 0 Å². The number of carbonyl (C=O) groups is 2. The molecule has 1 aromatic carbocycles. The summed E-state index contributed by atoms with van der Waals surface area (Å²) in [5.74, 6) is -1.90. The highest BCUT2D eigenvalue weighted by Gasteiger charge is 2.43. The highest BCUT2D eigenvalue weighted by Crippen LogP contribution is 2.22. The maximum Gasteiger partial charge on any atom is 0.490 e. The smallest absolute Gasteiger partial charge is 0.480 e. The summed E-state index contributed by atoms with van der Waals surface area (Å²) in [5.41, 5.74) is 0. The maximum absolute atomic E-state index is 12.4. The summed E-state index contributed by atoms with van der Waals surface area (Å²) < 4.78 is 41.6. The molecule has 1 N–H and O–H groups in total. The van der Waals surface area contributed by atoms with Crippen molar-refractivity contribution in [3.63, 3.8) is 0 Å². The number of halogens is 3. The van der Waals surface area contributed by atoms with E-state index >= 15 is 0 Å². The van der Waals surface area contributed by atoms with Crippen LogP contribution in [0.3, 0.4) is 0 Å². The second kappa shape index (κ2) is 5.39. The van der Waals surface area contributed by atoms with E-state index in [-0.39, 0.29) is 5.75 Å². The Morgan fingerprint density at radius 1 is 1.22 bits per heavy atom. The van der Waals surface area contributed by atoms with Crippen LogP contribution in [0.4, 0.5) is 18.0 Å². The lowest BCUT2D eigenvalue weighted by atomic mass is 10.3. The largest absolute Gasteiger partial charge is 0.490 e. The van der Waals surface area contributed by atoms with Crippen LogP contribution in [0, 0.1) is 0 Å². The number of para-hydroxylation sites is 1. The monoisotopic (exact) mass is 263 g/mol. The summed E-state index contributed by atoms with van der Waals surface area (Å²) in [6.07, 6.45) is -6.92. The Hall–Kier alpha value is -2.25. The van der Waals surface area contributed by atoms with E-state index in [1.807, 2.05) is 0 Å². The van der Waals surface area contributed by atoms with E-state index in [4.69, 9.17) is 5.11 Å². The number of carboxylic acids is 1. The first-order valence-electron chi connectivity index (χ1n) is 4.63. The fraction of sp³-hybridized carbons (Fsp3) is 0.200. The van der Waals surface area contributed by atoms with E-state index in [1.165, 1.54) is 24.3 Å².